The average Bonchev–Trinajstić information content (AvgIpc) is 2.54. The number of halogens is 1. The number of phenols is 1. The first-order valence-electron chi connectivity index (χ1n) is 8.08. The molecule has 2 aromatic rings. The average molecular weight is 340 g/mol. The standard InChI is InChI=1S/C21H22ClNO/c1-13(2)19-10-15(11-20(14(3)4)21(19)24)9-17(12-23)16-5-7-18(22)8-6-16/h5-11,13-14,24H,1-4H3/b17-9+. The van der Waals surface area contributed by atoms with Crippen LogP contribution in [0, 0.1) is 11.3 Å². The number of rotatable bonds is 4. The Morgan fingerprint density at radius 1 is 1.04 bits per heavy atom. The maximum atomic E-state index is 10.5. The fraction of sp³-hybridized carbons (Fsp3) is 0.286. The van der Waals surface area contributed by atoms with E-state index in [0.29, 0.717) is 16.3 Å². The number of hydrogen-bond acceptors (Lipinski definition) is 2. The van der Waals surface area contributed by atoms with Gasteiger partial charge in [0.2, 0.25) is 0 Å². The van der Waals surface area contributed by atoms with Crippen molar-refractivity contribution >= 4 is 23.3 Å². The van der Waals surface area contributed by atoms with Crippen LogP contribution in [0.2, 0.25) is 5.02 Å². The summed E-state index contributed by atoms with van der Waals surface area (Å²) < 4.78 is 0. The highest BCUT2D eigenvalue weighted by atomic mass is 35.5. The zero-order valence-corrected chi connectivity index (χ0v) is 15.2. The molecule has 0 atom stereocenters. The Balaban J connectivity index is 2.58. The molecule has 0 radical (unpaired) electrons. The van der Waals surface area contributed by atoms with Crippen LogP contribution in [0.15, 0.2) is 36.4 Å². The molecule has 0 saturated heterocycles. The topological polar surface area (TPSA) is 44.0 Å². The van der Waals surface area contributed by atoms with Gasteiger partial charge >= 0.3 is 0 Å². The lowest BCUT2D eigenvalue weighted by Crippen LogP contribution is -1.97. The number of benzene rings is 2. The molecule has 0 unspecified atom stereocenters. The van der Waals surface area contributed by atoms with E-state index in [1.54, 1.807) is 12.1 Å². The summed E-state index contributed by atoms with van der Waals surface area (Å²) in [4.78, 5) is 0. The maximum absolute atomic E-state index is 10.5. The largest absolute Gasteiger partial charge is 0.507 e. The molecule has 2 nitrogen and oxygen atoms in total. The first-order chi connectivity index (χ1) is 11.3. The molecule has 0 aliphatic rings. The summed E-state index contributed by atoms with van der Waals surface area (Å²) in [6.45, 7) is 8.21. The molecule has 0 amide bonds. The quantitative estimate of drug-likeness (QED) is 0.520. The van der Waals surface area contributed by atoms with Gasteiger partial charge in [-0.3, -0.25) is 0 Å². The molecule has 2 rings (SSSR count). The highest BCUT2D eigenvalue weighted by molar-refractivity contribution is 6.30. The predicted molar refractivity (Wildman–Crippen MR) is 101 cm³/mol. The normalized spacial score (nSPS) is 11.8. The number of phenolic OH excluding ortho intramolecular Hbond substituents is 1. The fourth-order valence-corrected chi connectivity index (χ4v) is 2.77. The number of allylic oxidation sites excluding steroid dienone is 1. The van der Waals surface area contributed by atoms with Crippen molar-refractivity contribution in [2.45, 2.75) is 39.5 Å². The highest BCUT2D eigenvalue weighted by Gasteiger charge is 2.15. The van der Waals surface area contributed by atoms with Crippen molar-refractivity contribution in [3.05, 3.63) is 63.7 Å². The Morgan fingerprint density at radius 2 is 1.54 bits per heavy atom. The van der Waals surface area contributed by atoms with E-state index in [-0.39, 0.29) is 11.8 Å². The van der Waals surface area contributed by atoms with Crippen molar-refractivity contribution in [1.29, 1.82) is 5.26 Å². The Kier molecular flexibility index (Phi) is 5.70. The van der Waals surface area contributed by atoms with E-state index in [1.807, 2.05) is 30.3 Å². The smallest absolute Gasteiger partial charge is 0.122 e. The molecular weight excluding hydrogens is 318 g/mol. The molecule has 1 N–H and O–H groups in total. The molecule has 24 heavy (non-hydrogen) atoms. The van der Waals surface area contributed by atoms with Crippen molar-refractivity contribution in [2.75, 3.05) is 0 Å². The van der Waals surface area contributed by atoms with Crippen molar-refractivity contribution in [1.82, 2.24) is 0 Å². The fourth-order valence-electron chi connectivity index (χ4n) is 2.64. The molecule has 2 aromatic carbocycles. The van der Waals surface area contributed by atoms with Crippen LogP contribution >= 0.6 is 11.6 Å². The maximum Gasteiger partial charge on any atom is 0.122 e. The van der Waals surface area contributed by atoms with E-state index in [2.05, 4.69) is 33.8 Å². The van der Waals surface area contributed by atoms with Gasteiger partial charge in [0.15, 0.2) is 0 Å². The monoisotopic (exact) mass is 339 g/mol. The molecule has 3 heteroatoms. The molecule has 0 aliphatic carbocycles. The second kappa shape index (κ2) is 7.55. The van der Waals surface area contributed by atoms with E-state index < -0.39 is 0 Å². The molecule has 0 fully saturated rings. The zero-order chi connectivity index (χ0) is 17.9. The van der Waals surface area contributed by atoms with Gasteiger partial charge in [-0.1, -0.05) is 51.4 Å². The first-order valence-corrected chi connectivity index (χ1v) is 8.45. The van der Waals surface area contributed by atoms with Crippen LogP contribution in [0.25, 0.3) is 11.6 Å². The van der Waals surface area contributed by atoms with Gasteiger partial charge in [0.1, 0.15) is 5.75 Å². The zero-order valence-electron chi connectivity index (χ0n) is 14.5. The van der Waals surface area contributed by atoms with Crippen LogP contribution in [0.5, 0.6) is 5.75 Å². The van der Waals surface area contributed by atoms with Crippen molar-refractivity contribution in [3.63, 3.8) is 0 Å². The molecule has 0 saturated carbocycles. The van der Waals surface area contributed by atoms with Gasteiger partial charge in [-0.05, 0) is 64.4 Å². The van der Waals surface area contributed by atoms with Gasteiger partial charge in [-0.2, -0.15) is 5.26 Å². The van der Waals surface area contributed by atoms with Crippen molar-refractivity contribution in [2.24, 2.45) is 0 Å². The van der Waals surface area contributed by atoms with Gasteiger partial charge in [0, 0.05) is 5.02 Å². The number of nitrogens with zero attached hydrogens (tertiary/aromatic N) is 1. The summed E-state index contributed by atoms with van der Waals surface area (Å²) in [7, 11) is 0. The Morgan fingerprint density at radius 3 is 1.96 bits per heavy atom. The lowest BCUT2D eigenvalue weighted by atomic mass is 9.90. The van der Waals surface area contributed by atoms with Gasteiger partial charge in [0.25, 0.3) is 0 Å². The second-order valence-electron chi connectivity index (χ2n) is 6.53. The minimum absolute atomic E-state index is 0.205. The van der Waals surface area contributed by atoms with Crippen LogP contribution in [0.3, 0.4) is 0 Å². The summed E-state index contributed by atoms with van der Waals surface area (Å²) in [6.07, 6.45) is 1.86. The van der Waals surface area contributed by atoms with E-state index in [4.69, 9.17) is 11.6 Å². The summed E-state index contributed by atoms with van der Waals surface area (Å²) in [5.74, 6) is 0.774. The van der Waals surface area contributed by atoms with E-state index in [0.717, 1.165) is 22.3 Å². The van der Waals surface area contributed by atoms with Crippen LogP contribution in [0.1, 0.15) is 61.8 Å². The Bertz CT molecular complexity index is 767. The highest BCUT2D eigenvalue weighted by Crippen LogP contribution is 2.35. The molecule has 124 valence electrons. The van der Waals surface area contributed by atoms with Gasteiger partial charge < -0.3 is 5.11 Å². The van der Waals surface area contributed by atoms with E-state index >= 15 is 0 Å². The predicted octanol–water partition coefficient (Wildman–Crippen LogP) is 6.36. The van der Waals surface area contributed by atoms with E-state index in [9.17, 15) is 10.4 Å². The lowest BCUT2D eigenvalue weighted by molar-refractivity contribution is 0.454. The van der Waals surface area contributed by atoms with E-state index in [1.165, 1.54) is 0 Å². The summed E-state index contributed by atoms with van der Waals surface area (Å²) in [5, 5.41) is 20.7. The summed E-state index contributed by atoms with van der Waals surface area (Å²) >= 11 is 5.92. The molecular formula is C21H22ClNO. The van der Waals surface area contributed by atoms with Gasteiger partial charge in [0.05, 0.1) is 11.6 Å². The van der Waals surface area contributed by atoms with Crippen molar-refractivity contribution in [3.8, 4) is 11.8 Å². The number of nitriles is 1. The molecule has 0 heterocycles. The Labute approximate surface area is 149 Å². The number of hydrogen-bond donors (Lipinski definition) is 1. The molecule has 0 aliphatic heterocycles. The van der Waals surface area contributed by atoms with Crippen LogP contribution < -0.4 is 0 Å². The van der Waals surface area contributed by atoms with Crippen molar-refractivity contribution < 1.29 is 5.11 Å². The molecule has 0 aromatic heterocycles. The third kappa shape index (κ3) is 3.99. The van der Waals surface area contributed by atoms with Crippen LogP contribution in [-0.2, 0) is 0 Å². The molecule has 0 bridgehead atoms. The second-order valence-corrected chi connectivity index (χ2v) is 6.97. The third-order valence-corrected chi connectivity index (χ3v) is 4.27. The minimum Gasteiger partial charge on any atom is -0.507 e. The summed E-state index contributed by atoms with van der Waals surface area (Å²) in [5.41, 5.74) is 4.13. The minimum atomic E-state index is 0.205. The van der Waals surface area contributed by atoms with Crippen LogP contribution in [0.4, 0.5) is 0 Å². The molecule has 0 spiro atoms. The van der Waals surface area contributed by atoms with Crippen LogP contribution in [-0.4, -0.2) is 5.11 Å². The third-order valence-electron chi connectivity index (χ3n) is 4.02. The van der Waals surface area contributed by atoms with Gasteiger partial charge in [-0.15, -0.1) is 0 Å². The summed E-state index contributed by atoms with van der Waals surface area (Å²) in [6, 6.07) is 13.4. The number of aromatic hydroxyl groups is 1. The van der Waals surface area contributed by atoms with Gasteiger partial charge in [-0.25, -0.2) is 0 Å². The SMILES string of the molecule is CC(C)c1cc(/C=C(\C#N)c2ccc(Cl)cc2)cc(C(C)C)c1O. The Hall–Kier alpha value is -2.24. The lowest BCUT2D eigenvalue weighted by Gasteiger charge is -2.16. The first kappa shape index (κ1) is 18.1.